The van der Waals surface area contributed by atoms with Crippen LogP contribution < -0.4 is 4.74 Å². The zero-order chi connectivity index (χ0) is 11.5. The number of para-hydroxylation sites is 2. The first-order valence-corrected chi connectivity index (χ1v) is 5.40. The van der Waals surface area contributed by atoms with Gasteiger partial charge >= 0.3 is 0 Å². The number of aromatic nitrogens is 2. The fourth-order valence-electron chi connectivity index (χ4n) is 1.59. The molecule has 0 fully saturated rings. The highest BCUT2D eigenvalue weighted by Crippen LogP contribution is 2.23. The van der Waals surface area contributed by atoms with Gasteiger partial charge in [-0.25, -0.2) is 4.68 Å². The molecule has 84 valence electrons. The molecule has 3 heteroatoms. The molecule has 0 saturated heterocycles. The molecule has 3 nitrogen and oxygen atoms in total. The van der Waals surface area contributed by atoms with Crippen molar-refractivity contribution in [2.75, 3.05) is 7.11 Å². The summed E-state index contributed by atoms with van der Waals surface area (Å²) in [5.41, 5.74) is 2.20. The number of benzene rings is 1. The predicted molar refractivity (Wildman–Crippen MR) is 64.2 cm³/mol. The van der Waals surface area contributed by atoms with Crippen LogP contribution >= 0.6 is 0 Å². The first kappa shape index (κ1) is 10.7. The van der Waals surface area contributed by atoms with Gasteiger partial charge in [0.25, 0.3) is 0 Å². The highest BCUT2D eigenvalue weighted by molar-refractivity contribution is 5.46. The summed E-state index contributed by atoms with van der Waals surface area (Å²) in [6.07, 6.45) is 3.94. The third-order valence-electron chi connectivity index (χ3n) is 2.60. The van der Waals surface area contributed by atoms with Crippen LogP contribution in [-0.4, -0.2) is 16.9 Å². The Bertz CT molecular complexity index is 474. The zero-order valence-corrected chi connectivity index (χ0v) is 9.84. The number of methoxy groups -OCH3 is 1. The quantitative estimate of drug-likeness (QED) is 0.788. The van der Waals surface area contributed by atoms with Crippen LogP contribution in [0.5, 0.6) is 5.75 Å². The van der Waals surface area contributed by atoms with E-state index in [1.54, 1.807) is 7.11 Å². The molecule has 0 amide bonds. The van der Waals surface area contributed by atoms with Gasteiger partial charge in [0, 0.05) is 6.20 Å². The molecule has 0 saturated carbocycles. The van der Waals surface area contributed by atoms with Gasteiger partial charge in [-0.15, -0.1) is 0 Å². The second-order valence-corrected chi connectivity index (χ2v) is 4.04. The van der Waals surface area contributed by atoms with Gasteiger partial charge in [0.2, 0.25) is 0 Å². The van der Waals surface area contributed by atoms with Gasteiger partial charge in [-0.05, 0) is 23.6 Å². The van der Waals surface area contributed by atoms with E-state index >= 15 is 0 Å². The molecule has 1 aromatic carbocycles. The third kappa shape index (κ3) is 1.94. The molecule has 0 atom stereocenters. The van der Waals surface area contributed by atoms with Crippen molar-refractivity contribution in [2.24, 2.45) is 0 Å². The summed E-state index contributed by atoms with van der Waals surface area (Å²) in [5.74, 6) is 1.32. The van der Waals surface area contributed by atoms with Crippen LogP contribution in [-0.2, 0) is 0 Å². The van der Waals surface area contributed by atoms with Gasteiger partial charge in [-0.3, -0.25) is 0 Å². The Morgan fingerprint density at radius 1 is 1.25 bits per heavy atom. The number of rotatable bonds is 3. The Balaban J connectivity index is 2.42. The van der Waals surface area contributed by atoms with Crippen LogP contribution in [0, 0.1) is 0 Å². The summed E-state index contributed by atoms with van der Waals surface area (Å²) in [5, 5.41) is 4.35. The molecule has 0 unspecified atom stereocenters. The van der Waals surface area contributed by atoms with E-state index in [1.807, 2.05) is 41.3 Å². The fourth-order valence-corrected chi connectivity index (χ4v) is 1.59. The van der Waals surface area contributed by atoms with Gasteiger partial charge in [-0.2, -0.15) is 5.10 Å². The molecule has 0 N–H and O–H groups in total. The van der Waals surface area contributed by atoms with E-state index < -0.39 is 0 Å². The van der Waals surface area contributed by atoms with Gasteiger partial charge in [0.05, 0.1) is 13.3 Å². The Morgan fingerprint density at radius 2 is 2.00 bits per heavy atom. The topological polar surface area (TPSA) is 27.1 Å². The van der Waals surface area contributed by atoms with Crippen molar-refractivity contribution in [2.45, 2.75) is 19.8 Å². The monoisotopic (exact) mass is 216 g/mol. The van der Waals surface area contributed by atoms with Crippen molar-refractivity contribution >= 4 is 0 Å². The van der Waals surface area contributed by atoms with Gasteiger partial charge in [0.15, 0.2) is 0 Å². The van der Waals surface area contributed by atoms with Crippen LogP contribution in [0.2, 0.25) is 0 Å². The van der Waals surface area contributed by atoms with Crippen LogP contribution in [0.25, 0.3) is 5.69 Å². The van der Waals surface area contributed by atoms with Crippen LogP contribution in [0.3, 0.4) is 0 Å². The van der Waals surface area contributed by atoms with Gasteiger partial charge < -0.3 is 4.74 Å². The Kier molecular flexibility index (Phi) is 2.95. The largest absolute Gasteiger partial charge is 0.494 e. The molecule has 2 rings (SSSR count). The van der Waals surface area contributed by atoms with Crippen LogP contribution in [0.4, 0.5) is 0 Å². The van der Waals surface area contributed by atoms with E-state index in [-0.39, 0.29) is 0 Å². The predicted octanol–water partition coefficient (Wildman–Crippen LogP) is 3.00. The maximum Gasteiger partial charge on any atom is 0.144 e. The summed E-state index contributed by atoms with van der Waals surface area (Å²) >= 11 is 0. The SMILES string of the molecule is COc1ccccc1-n1cc(C(C)C)cn1. The summed E-state index contributed by atoms with van der Waals surface area (Å²) in [6.45, 7) is 4.31. The number of nitrogens with zero attached hydrogens (tertiary/aromatic N) is 2. The first-order valence-electron chi connectivity index (χ1n) is 5.40. The minimum atomic E-state index is 0.489. The summed E-state index contributed by atoms with van der Waals surface area (Å²) in [4.78, 5) is 0. The molecule has 2 aromatic rings. The maximum atomic E-state index is 5.31. The van der Waals surface area contributed by atoms with Crippen molar-refractivity contribution in [1.82, 2.24) is 9.78 Å². The number of ether oxygens (including phenoxy) is 1. The molecule has 16 heavy (non-hydrogen) atoms. The second-order valence-electron chi connectivity index (χ2n) is 4.04. The Hall–Kier alpha value is -1.77. The lowest BCUT2D eigenvalue weighted by atomic mass is 10.1. The fraction of sp³-hybridized carbons (Fsp3) is 0.308. The van der Waals surface area contributed by atoms with E-state index in [4.69, 9.17) is 4.74 Å². The molecular formula is C13H16N2O. The smallest absolute Gasteiger partial charge is 0.144 e. The Labute approximate surface area is 95.7 Å². The summed E-state index contributed by atoms with van der Waals surface area (Å²) in [7, 11) is 1.67. The summed E-state index contributed by atoms with van der Waals surface area (Å²) in [6, 6.07) is 7.87. The molecule has 0 aliphatic heterocycles. The van der Waals surface area contributed by atoms with Gasteiger partial charge in [-0.1, -0.05) is 26.0 Å². The highest BCUT2D eigenvalue weighted by atomic mass is 16.5. The van der Waals surface area contributed by atoms with E-state index in [2.05, 4.69) is 18.9 Å². The van der Waals surface area contributed by atoms with Crippen molar-refractivity contribution in [1.29, 1.82) is 0 Å². The molecule has 0 spiro atoms. The summed E-state index contributed by atoms with van der Waals surface area (Å²) < 4.78 is 7.16. The maximum absolute atomic E-state index is 5.31. The lowest BCUT2D eigenvalue weighted by molar-refractivity contribution is 0.411. The second kappa shape index (κ2) is 4.39. The van der Waals surface area contributed by atoms with E-state index in [1.165, 1.54) is 5.56 Å². The molecule has 0 aliphatic carbocycles. The van der Waals surface area contributed by atoms with Crippen molar-refractivity contribution in [3.63, 3.8) is 0 Å². The number of hydrogen-bond donors (Lipinski definition) is 0. The van der Waals surface area contributed by atoms with Crippen LogP contribution in [0.1, 0.15) is 25.3 Å². The zero-order valence-electron chi connectivity index (χ0n) is 9.84. The normalized spacial score (nSPS) is 10.8. The highest BCUT2D eigenvalue weighted by Gasteiger charge is 2.07. The lowest BCUT2D eigenvalue weighted by Gasteiger charge is -2.07. The van der Waals surface area contributed by atoms with E-state index in [0.29, 0.717) is 5.92 Å². The number of hydrogen-bond acceptors (Lipinski definition) is 2. The molecule has 0 bridgehead atoms. The first-order chi connectivity index (χ1) is 7.72. The molecular weight excluding hydrogens is 200 g/mol. The van der Waals surface area contributed by atoms with E-state index in [0.717, 1.165) is 11.4 Å². The minimum absolute atomic E-state index is 0.489. The van der Waals surface area contributed by atoms with E-state index in [9.17, 15) is 0 Å². The van der Waals surface area contributed by atoms with Crippen molar-refractivity contribution in [3.8, 4) is 11.4 Å². The molecule has 0 radical (unpaired) electrons. The average molecular weight is 216 g/mol. The van der Waals surface area contributed by atoms with Crippen molar-refractivity contribution < 1.29 is 4.74 Å². The molecule has 1 heterocycles. The Morgan fingerprint density at radius 3 is 2.62 bits per heavy atom. The van der Waals surface area contributed by atoms with Gasteiger partial charge in [0.1, 0.15) is 11.4 Å². The average Bonchev–Trinajstić information content (AvgIpc) is 2.78. The minimum Gasteiger partial charge on any atom is -0.494 e. The van der Waals surface area contributed by atoms with Crippen molar-refractivity contribution in [3.05, 3.63) is 42.2 Å². The standard InChI is InChI=1S/C13H16N2O/c1-10(2)11-8-14-15(9-11)12-6-4-5-7-13(12)16-3/h4-10H,1-3H3. The third-order valence-corrected chi connectivity index (χ3v) is 2.60. The molecule has 0 aliphatic rings. The molecule has 1 aromatic heterocycles. The lowest BCUT2D eigenvalue weighted by Crippen LogP contribution is -1.97. The van der Waals surface area contributed by atoms with Crippen LogP contribution in [0.15, 0.2) is 36.7 Å².